The molecule has 1 amide bonds. The molecule has 8 heteroatoms. The van der Waals surface area contributed by atoms with Gasteiger partial charge in [-0.15, -0.1) is 0 Å². The Kier molecular flexibility index (Phi) is 7.29. The number of amides is 1. The molecule has 7 nitrogen and oxygen atoms in total. The molecule has 0 bridgehead atoms. The second kappa shape index (κ2) is 10.7. The summed E-state index contributed by atoms with van der Waals surface area (Å²) in [5.74, 6) is 1.43. The van der Waals surface area contributed by atoms with Crippen molar-refractivity contribution in [2.24, 2.45) is 4.99 Å². The number of methoxy groups -OCH3 is 2. The molecule has 0 radical (unpaired) electrons. The monoisotopic (exact) mass is 493 g/mol. The minimum absolute atomic E-state index is 0.0363. The van der Waals surface area contributed by atoms with Gasteiger partial charge in [0.15, 0.2) is 5.17 Å². The normalized spacial score (nSPS) is 22.6. The first-order valence-electron chi connectivity index (χ1n) is 12.1. The number of para-hydroxylation sites is 1. The van der Waals surface area contributed by atoms with Crippen LogP contribution in [0.25, 0.3) is 6.08 Å². The Morgan fingerprint density at radius 3 is 2.54 bits per heavy atom. The number of ether oxygens (including phenoxy) is 3. The number of rotatable bonds is 7. The molecule has 0 saturated carbocycles. The van der Waals surface area contributed by atoms with Crippen molar-refractivity contribution in [1.82, 2.24) is 4.90 Å². The molecule has 1 atom stereocenters. The average Bonchev–Trinajstić information content (AvgIpc) is 3.65. The number of thioether (sulfide) groups is 1. The SMILES string of the molecule is COc1cc(N2CCCC2)c(OC)cc1C=C1SC(=Nc2ccccc2)N(CC2CCCO2)C1=O. The Balaban J connectivity index is 1.49. The summed E-state index contributed by atoms with van der Waals surface area (Å²) in [7, 11) is 3.34. The minimum atomic E-state index is -0.0650. The molecule has 1 unspecified atom stereocenters. The highest BCUT2D eigenvalue weighted by Crippen LogP contribution is 2.41. The lowest BCUT2D eigenvalue weighted by atomic mass is 10.1. The highest BCUT2D eigenvalue weighted by molar-refractivity contribution is 8.18. The molecular weight excluding hydrogens is 462 g/mol. The van der Waals surface area contributed by atoms with E-state index >= 15 is 0 Å². The Bertz CT molecular complexity index is 1120. The summed E-state index contributed by atoms with van der Waals surface area (Å²) in [4.78, 5) is 23.0. The second-order valence-electron chi connectivity index (χ2n) is 8.85. The molecule has 3 heterocycles. The van der Waals surface area contributed by atoms with Gasteiger partial charge in [-0.25, -0.2) is 4.99 Å². The van der Waals surface area contributed by atoms with Gasteiger partial charge in [-0.2, -0.15) is 0 Å². The van der Waals surface area contributed by atoms with Crippen molar-refractivity contribution in [3.63, 3.8) is 0 Å². The van der Waals surface area contributed by atoms with Crippen LogP contribution in [0.15, 0.2) is 52.4 Å². The van der Waals surface area contributed by atoms with Crippen LogP contribution in [0.2, 0.25) is 0 Å². The van der Waals surface area contributed by atoms with Gasteiger partial charge >= 0.3 is 0 Å². The quantitative estimate of drug-likeness (QED) is 0.501. The van der Waals surface area contributed by atoms with E-state index in [0.717, 1.165) is 55.2 Å². The molecule has 0 aromatic heterocycles. The number of amidine groups is 1. The Hall–Kier alpha value is -2.97. The lowest BCUT2D eigenvalue weighted by molar-refractivity contribution is -0.123. The van der Waals surface area contributed by atoms with Gasteiger partial charge in [-0.3, -0.25) is 9.69 Å². The van der Waals surface area contributed by atoms with Gasteiger partial charge in [-0.1, -0.05) is 18.2 Å². The van der Waals surface area contributed by atoms with Gasteiger partial charge in [0.1, 0.15) is 11.5 Å². The first-order valence-corrected chi connectivity index (χ1v) is 13.0. The fourth-order valence-electron chi connectivity index (χ4n) is 4.72. The zero-order chi connectivity index (χ0) is 24.2. The van der Waals surface area contributed by atoms with Crippen LogP contribution in [0.3, 0.4) is 0 Å². The Labute approximate surface area is 210 Å². The van der Waals surface area contributed by atoms with Crippen molar-refractivity contribution in [2.45, 2.75) is 31.8 Å². The van der Waals surface area contributed by atoms with E-state index in [1.54, 1.807) is 19.1 Å². The number of carbonyl (C=O) groups is 1. The molecule has 35 heavy (non-hydrogen) atoms. The van der Waals surface area contributed by atoms with Crippen LogP contribution in [0.4, 0.5) is 11.4 Å². The number of hydrogen-bond acceptors (Lipinski definition) is 7. The van der Waals surface area contributed by atoms with Crippen LogP contribution < -0.4 is 14.4 Å². The maximum absolute atomic E-state index is 13.5. The second-order valence-corrected chi connectivity index (χ2v) is 9.86. The Morgan fingerprint density at radius 1 is 1.09 bits per heavy atom. The first-order chi connectivity index (χ1) is 17.2. The van der Waals surface area contributed by atoms with Crippen molar-refractivity contribution >= 4 is 40.3 Å². The molecule has 3 saturated heterocycles. The van der Waals surface area contributed by atoms with Crippen molar-refractivity contribution in [2.75, 3.05) is 45.4 Å². The maximum Gasteiger partial charge on any atom is 0.266 e. The van der Waals surface area contributed by atoms with Gasteiger partial charge in [0, 0.05) is 31.3 Å². The lowest BCUT2D eigenvalue weighted by Gasteiger charge is -2.22. The molecule has 5 rings (SSSR count). The number of nitrogens with zero attached hydrogens (tertiary/aromatic N) is 3. The number of anilines is 1. The zero-order valence-electron chi connectivity index (χ0n) is 20.2. The van der Waals surface area contributed by atoms with Crippen LogP contribution in [-0.2, 0) is 9.53 Å². The molecular formula is C27H31N3O4S. The number of benzene rings is 2. The minimum Gasteiger partial charge on any atom is -0.496 e. The topological polar surface area (TPSA) is 63.6 Å². The van der Waals surface area contributed by atoms with E-state index in [9.17, 15) is 4.79 Å². The van der Waals surface area contributed by atoms with Crippen LogP contribution in [0, 0.1) is 0 Å². The zero-order valence-corrected chi connectivity index (χ0v) is 21.1. The number of carbonyl (C=O) groups excluding carboxylic acids is 1. The van der Waals surface area contributed by atoms with E-state index in [-0.39, 0.29) is 12.0 Å². The van der Waals surface area contributed by atoms with Gasteiger partial charge in [0.05, 0.1) is 43.1 Å². The van der Waals surface area contributed by atoms with Crippen molar-refractivity contribution in [1.29, 1.82) is 0 Å². The number of aliphatic imine (C=N–C) groups is 1. The fourth-order valence-corrected chi connectivity index (χ4v) is 5.72. The molecule has 0 spiro atoms. The van der Waals surface area contributed by atoms with E-state index in [1.165, 1.54) is 24.6 Å². The molecule has 3 aliphatic heterocycles. The summed E-state index contributed by atoms with van der Waals surface area (Å²) < 4.78 is 17.3. The summed E-state index contributed by atoms with van der Waals surface area (Å²) >= 11 is 1.39. The fraction of sp³-hybridized carbons (Fsp3) is 0.407. The average molecular weight is 494 g/mol. The molecule has 0 aliphatic carbocycles. The largest absolute Gasteiger partial charge is 0.496 e. The predicted molar refractivity (Wildman–Crippen MR) is 141 cm³/mol. The van der Waals surface area contributed by atoms with Gasteiger partial charge in [0.2, 0.25) is 0 Å². The van der Waals surface area contributed by atoms with Gasteiger partial charge in [-0.05, 0) is 61.7 Å². The van der Waals surface area contributed by atoms with E-state index in [4.69, 9.17) is 19.2 Å². The third kappa shape index (κ3) is 5.18. The summed E-state index contributed by atoms with van der Waals surface area (Å²) in [5.41, 5.74) is 2.65. The standard InChI is InChI=1S/C27H31N3O4S/c1-32-23-17-22(29-12-6-7-13-29)24(33-2)15-19(23)16-25-26(31)30(18-21-11-8-14-34-21)27(35-25)28-20-9-4-3-5-10-20/h3-5,9-10,15-17,21H,6-8,11-14,18H2,1-2H3. The summed E-state index contributed by atoms with van der Waals surface area (Å²) in [6, 6.07) is 13.7. The van der Waals surface area contributed by atoms with Crippen LogP contribution in [0.5, 0.6) is 11.5 Å². The summed E-state index contributed by atoms with van der Waals surface area (Å²) in [5, 5.41) is 0.669. The third-order valence-electron chi connectivity index (χ3n) is 6.54. The molecule has 2 aromatic rings. The summed E-state index contributed by atoms with van der Waals surface area (Å²) in [6.07, 6.45) is 6.24. The van der Waals surface area contributed by atoms with E-state index < -0.39 is 0 Å². The number of hydrogen-bond donors (Lipinski definition) is 0. The molecule has 0 N–H and O–H groups in total. The van der Waals surface area contributed by atoms with Crippen LogP contribution in [0.1, 0.15) is 31.2 Å². The van der Waals surface area contributed by atoms with Crippen molar-refractivity contribution < 1.29 is 19.0 Å². The van der Waals surface area contributed by atoms with E-state index in [2.05, 4.69) is 4.90 Å². The molecule has 3 fully saturated rings. The predicted octanol–water partition coefficient (Wildman–Crippen LogP) is 5.09. The van der Waals surface area contributed by atoms with Crippen LogP contribution >= 0.6 is 11.8 Å². The molecule has 184 valence electrons. The maximum atomic E-state index is 13.5. The summed E-state index contributed by atoms with van der Waals surface area (Å²) in [6.45, 7) is 3.26. The highest BCUT2D eigenvalue weighted by atomic mass is 32.2. The lowest BCUT2D eigenvalue weighted by Crippen LogP contribution is -2.36. The van der Waals surface area contributed by atoms with E-state index in [1.807, 2.05) is 48.5 Å². The molecule has 3 aliphatic rings. The van der Waals surface area contributed by atoms with E-state index in [0.29, 0.717) is 22.4 Å². The first kappa shape index (κ1) is 23.8. The molecule has 2 aromatic carbocycles. The van der Waals surface area contributed by atoms with Crippen LogP contribution in [-0.4, -0.2) is 62.5 Å². The smallest absolute Gasteiger partial charge is 0.266 e. The van der Waals surface area contributed by atoms with Crippen molar-refractivity contribution in [3.05, 3.63) is 52.9 Å². The van der Waals surface area contributed by atoms with Crippen molar-refractivity contribution in [3.8, 4) is 11.5 Å². The van der Waals surface area contributed by atoms with Gasteiger partial charge in [0.25, 0.3) is 5.91 Å². The third-order valence-corrected chi connectivity index (χ3v) is 7.55. The highest BCUT2D eigenvalue weighted by Gasteiger charge is 2.36. The van der Waals surface area contributed by atoms with Gasteiger partial charge < -0.3 is 19.1 Å². The Morgan fingerprint density at radius 2 is 1.86 bits per heavy atom.